The Kier molecular flexibility index (Phi) is 5.26. The van der Waals surface area contributed by atoms with Crippen LogP contribution in [-0.2, 0) is 9.53 Å². The number of carbonyl (C=O) groups is 1. The Bertz CT molecular complexity index is 556. The standard InChI is InChI=1S/C15H18FN3O2/c1-2-5-18-14-9-21-8-12(14)15(20)19-13-4-3-11(16)6-10(13)7-17/h3-4,6,12,14,18H,2,5,8-9H2,1H3,(H,19,20). The second-order valence-corrected chi connectivity index (χ2v) is 5.00. The molecule has 112 valence electrons. The van der Waals surface area contributed by atoms with Gasteiger partial charge in [-0.1, -0.05) is 6.92 Å². The summed E-state index contributed by atoms with van der Waals surface area (Å²) in [5, 5.41) is 14.9. The molecule has 0 aromatic heterocycles. The van der Waals surface area contributed by atoms with Gasteiger partial charge in [0.1, 0.15) is 11.9 Å². The van der Waals surface area contributed by atoms with Gasteiger partial charge in [-0.2, -0.15) is 5.26 Å². The minimum atomic E-state index is -0.503. The average Bonchev–Trinajstić information content (AvgIpc) is 2.95. The van der Waals surface area contributed by atoms with E-state index in [2.05, 4.69) is 17.6 Å². The number of nitriles is 1. The van der Waals surface area contributed by atoms with Gasteiger partial charge < -0.3 is 15.4 Å². The van der Waals surface area contributed by atoms with Crippen molar-refractivity contribution >= 4 is 11.6 Å². The minimum absolute atomic E-state index is 0.0315. The van der Waals surface area contributed by atoms with Crippen molar-refractivity contribution in [3.63, 3.8) is 0 Å². The van der Waals surface area contributed by atoms with Crippen molar-refractivity contribution in [3.8, 4) is 6.07 Å². The molecular weight excluding hydrogens is 273 g/mol. The number of carbonyl (C=O) groups excluding carboxylic acids is 1. The zero-order valence-corrected chi connectivity index (χ0v) is 11.9. The number of hydrogen-bond acceptors (Lipinski definition) is 4. The second kappa shape index (κ2) is 7.16. The third-order valence-corrected chi connectivity index (χ3v) is 3.43. The monoisotopic (exact) mass is 291 g/mol. The molecule has 0 spiro atoms. The van der Waals surface area contributed by atoms with Crippen molar-refractivity contribution in [3.05, 3.63) is 29.6 Å². The first kappa shape index (κ1) is 15.4. The second-order valence-electron chi connectivity index (χ2n) is 5.00. The number of ether oxygens (including phenoxy) is 1. The van der Waals surface area contributed by atoms with Gasteiger partial charge in [-0.05, 0) is 31.2 Å². The van der Waals surface area contributed by atoms with Crippen LogP contribution in [0, 0.1) is 23.1 Å². The molecule has 1 heterocycles. The maximum atomic E-state index is 13.1. The predicted molar refractivity (Wildman–Crippen MR) is 76.1 cm³/mol. The van der Waals surface area contributed by atoms with Crippen LogP contribution in [-0.4, -0.2) is 31.7 Å². The molecule has 0 saturated carbocycles. The summed E-state index contributed by atoms with van der Waals surface area (Å²) >= 11 is 0. The first-order chi connectivity index (χ1) is 10.2. The van der Waals surface area contributed by atoms with Crippen LogP contribution >= 0.6 is 0 Å². The third kappa shape index (κ3) is 3.78. The number of rotatable bonds is 5. The number of nitrogens with one attached hydrogen (secondary N) is 2. The molecule has 2 unspecified atom stereocenters. The molecular formula is C15H18FN3O2. The Morgan fingerprint density at radius 1 is 1.52 bits per heavy atom. The Morgan fingerprint density at radius 3 is 3.05 bits per heavy atom. The van der Waals surface area contributed by atoms with Gasteiger partial charge in [0.15, 0.2) is 0 Å². The lowest BCUT2D eigenvalue weighted by atomic mass is 10.0. The van der Waals surface area contributed by atoms with Crippen LogP contribution in [0.25, 0.3) is 0 Å². The normalized spacial score (nSPS) is 21.0. The third-order valence-electron chi connectivity index (χ3n) is 3.43. The van der Waals surface area contributed by atoms with Crippen LogP contribution < -0.4 is 10.6 Å². The number of nitrogens with zero attached hydrogens (tertiary/aromatic N) is 1. The van der Waals surface area contributed by atoms with E-state index in [0.29, 0.717) is 18.9 Å². The van der Waals surface area contributed by atoms with Crippen LogP contribution in [0.3, 0.4) is 0 Å². The van der Waals surface area contributed by atoms with E-state index in [-0.39, 0.29) is 23.4 Å². The van der Waals surface area contributed by atoms with E-state index in [1.165, 1.54) is 12.1 Å². The molecule has 2 N–H and O–H groups in total. The summed E-state index contributed by atoms with van der Waals surface area (Å²) in [5.74, 6) is -1.03. The van der Waals surface area contributed by atoms with E-state index < -0.39 is 5.82 Å². The molecule has 1 amide bonds. The number of halogens is 1. The summed E-state index contributed by atoms with van der Waals surface area (Å²) in [7, 11) is 0. The maximum absolute atomic E-state index is 13.1. The summed E-state index contributed by atoms with van der Waals surface area (Å²) in [6.45, 7) is 3.70. The summed E-state index contributed by atoms with van der Waals surface area (Å²) in [6, 6.07) is 5.57. The van der Waals surface area contributed by atoms with Crippen LogP contribution in [0.2, 0.25) is 0 Å². The lowest BCUT2D eigenvalue weighted by molar-refractivity contribution is -0.120. The van der Waals surface area contributed by atoms with Gasteiger partial charge in [0.25, 0.3) is 0 Å². The quantitative estimate of drug-likeness (QED) is 0.865. The molecule has 0 aliphatic carbocycles. The van der Waals surface area contributed by atoms with Gasteiger partial charge in [0, 0.05) is 6.04 Å². The number of benzene rings is 1. The molecule has 2 atom stereocenters. The molecule has 0 radical (unpaired) electrons. The van der Waals surface area contributed by atoms with Gasteiger partial charge in [0.2, 0.25) is 5.91 Å². The highest BCUT2D eigenvalue weighted by Gasteiger charge is 2.33. The van der Waals surface area contributed by atoms with Gasteiger partial charge in [-0.3, -0.25) is 4.79 Å². The zero-order chi connectivity index (χ0) is 15.2. The smallest absolute Gasteiger partial charge is 0.231 e. The van der Waals surface area contributed by atoms with Gasteiger partial charge in [0.05, 0.1) is 30.4 Å². The van der Waals surface area contributed by atoms with Crippen LogP contribution in [0.15, 0.2) is 18.2 Å². The summed E-state index contributed by atoms with van der Waals surface area (Å²) in [5.41, 5.74) is 0.436. The number of hydrogen-bond donors (Lipinski definition) is 2. The largest absolute Gasteiger partial charge is 0.379 e. The van der Waals surface area contributed by atoms with Crippen molar-refractivity contribution in [1.82, 2.24) is 5.32 Å². The molecule has 2 rings (SSSR count). The fraction of sp³-hybridized carbons (Fsp3) is 0.467. The molecule has 5 nitrogen and oxygen atoms in total. The lowest BCUT2D eigenvalue weighted by Gasteiger charge is -2.18. The van der Waals surface area contributed by atoms with Crippen molar-refractivity contribution in [2.24, 2.45) is 5.92 Å². The molecule has 1 aliphatic heterocycles. The van der Waals surface area contributed by atoms with E-state index in [1.807, 2.05) is 6.07 Å². The average molecular weight is 291 g/mol. The zero-order valence-electron chi connectivity index (χ0n) is 11.9. The number of amides is 1. The Hall–Kier alpha value is -1.97. The first-order valence-electron chi connectivity index (χ1n) is 6.97. The first-order valence-corrected chi connectivity index (χ1v) is 6.97. The van der Waals surface area contributed by atoms with Gasteiger partial charge >= 0.3 is 0 Å². The number of anilines is 1. The minimum Gasteiger partial charge on any atom is -0.379 e. The summed E-state index contributed by atoms with van der Waals surface area (Å²) < 4.78 is 18.4. The summed E-state index contributed by atoms with van der Waals surface area (Å²) in [6.07, 6.45) is 0.974. The highest BCUT2D eigenvalue weighted by atomic mass is 19.1. The SMILES string of the molecule is CCCNC1COCC1C(=O)Nc1ccc(F)cc1C#N. The van der Waals surface area contributed by atoms with Gasteiger partial charge in [-0.25, -0.2) is 4.39 Å². The highest BCUT2D eigenvalue weighted by Crippen LogP contribution is 2.20. The molecule has 1 aliphatic rings. The van der Waals surface area contributed by atoms with Gasteiger partial charge in [-0.15, -0.1) is 0 Å². The fourth-order valence-corrected chi connectivity index (χ4v) is 2.29. The molecule has 1 saturated heterocycles. The van der Waals surface area contributed by atoms with Crippen molar-refractivity contribution in [2.75, 3.05) is 25.1 Å². The lowest BCUT2D eigenvalue weighted by Crippen LogP contribution is -2.41. The maximum Gasteiger partial charge on any atom is 0.231 e. The predicted octanol–water partition coefficient (Wildman–Crippen LogP) is 1.65. The van der Waals surface area contributed by atoms with E-state index in [4.69, 9.17) is 10.00 Å². The molecule has 1 aromatic rings. The van der Waals surface area contributed by atoms with Crippen molar-refractivity contribution in [2.45, 2.75) is 19.4 Å². The van der Waals surface area contributed by atoms with Crippen LogP contribution in [0.5, 0.6) is 0 Å². The van der Waals surface area contributed by atoms with Crippen LogP contribution in [0.1, 0.15) is 18.9 Å². The topological polar surface area (TPSA) is 74.2 Å². The van der Waals surface area contributed by atoms with E-state index in [9.17, 15) is 9.18 Å². The molecule has 1 aromatic carbocycles. The van der Waals surface area contributed by atoms with Crippen LogP contribution in [0.4, 0.5) is 10.1 Å². The molecule has 1 fully saturated rings. The Labute approximate surface area is 123 Å². The molecule has 21 heavy (non-hydrogen) atoms. The fourth-order valence-electron chi connectivity index (χ4n) is 2.29. The summed E-state index contributed by atoms with van der Waals surface area (Å²) in [4.78, 5) is 12.3. The van der Waals surface area contributed by atoms with Crippen molar-refractivity contribution < 1.29 is 13.9 Å². The van der Waals surface area contributed by atoms with E-state index >= 15 is 0 Å². The highest BCUT2D eigenvalue weighted by molar-refractivity contribution is 5.94. The molecule has 6 heteroatoms. The Morgan fingerprint density at radius 2 is 2.33 bits per heavy atom. The van der Waals surface area contributed by atoms with Crippen molar-refractivity contribution in [1.29, 1.82) is 5.26 Å². The molecule has 0 bridgehead atoms. The Balaban J connectivity index is 2.06. The van der Waals surface area contributed by atoms with E-state index in [1.54, 1.807) is 0 Å². The van der Waals surface area contributed by atoms with E-state index in [0.717, 1.165) is 19.0 Å².